The number of aryl methyl sites for hydroxylation is 2. The minimum absolute atomic E-state index is 0.00388. The van der Waals surface area contributed by atoms with Crippen molar-refractivity contribution in [1.82, 2.24) is 15.3 Å². The lowest BCUT2D eigenvalue weighted by atomic mass is 9.94. The monoisotopic (exact) mass is 249 g/mol. The van der Waals surface area contributed by atoms with Crippen molar-refractivity contribution >= 4 is 0 Å². The summed E-state index contributed by atoms with van der Waals surface area (Å²) in [5, 5.41) is 3.58. The highest BCUT2D eigenvalue weighted by molar-refractivity contribution is 5.20. The SMILES string of the molecule is Cc1nc(C)c(C(C)NC2CCCCC2)c(=O)[nH]1. The lowest BCUT2D eigenvalue weighted by Gasteiger charge is -2.26. The summed E-state index contributed by atoms with van der Waals surface area (Å²) in [6, 6.07) is 0.624. The van der Waals surface area contributed by atoms with E-state index in [1.807, 2.05) is 13.8 Å². The van der Waals surface area contributed by atoms with Crippen LogP contribution in [0.1, 0.15) is 62.2 Å². The molecule has 0 radical (unpaired) electrons. The van der Waals surface area contributed by atoms with Crippen LogP contribution in [0.4, 0.5) is 0 Å². The Bertz CT molecular complexity index is 461. The highest BCUT2D eigenvalue weighted by atomic mass is 16.1. The smallest absolute Gasteiger partial charge is 0.255 e. The Kier molecular flexibility index (Phi) is 4.17. The predicted octanol–water partition coefficient (Wildman–Crippen LogP) is 2.37. The number of hydrogen-bond donors (Lipinski definition) is 2. The van der Waals surface area contributed by atoms with Gasteiger partial charge in [-0.05, 0) is 33.6 Å². The average Bonchev–Trinajstić information content (AvgIpc) is 2.28. The summed E-state index contributed by atoms with van der Waals surface area (Å²) in [5.74, 6) is 0.686. The molecular weight excluding hydrogens is 226 g/mol. The number of hydrogen-bond acceptors (Lipinski definition) is 3. The molecule has 1 aromatic heterocycles. The van der Waals surface area contributed by atoms with Gasteiger partial charge in [-0.3, -0.25) is 4.79 Å². The van der Waals surface area contributed by atoms with Crippen molar-refractivity contribution in [3.05, 3.63) is 27.4 Å². The molecule has 1 unspecified atom stereocenters. The number of rotatable bonds is 3. The summed E-state index contributed by atoms with van der Waals surface area (Å²) in [5.41, 5.74) is 1.62. The van der Waals surface area contributed by atoms with E-state index < -0.39 is 0 Å². The van der Waals surface area contributed by atoms with Gasteiger partial charge in [-0.25, -0.2) is 4.98 Å². The van der Waals surface area contributed by atoms with Crippen LogP contribution < -0.4 is 10.9 Å². The summed E-state index contributed by atoms with van der Waals surface area (Å²) >= 11 is 0. The van der Waals surface area contributed by atoms with Crippen molar-refractivity contribution in [2.45, 2.75) is 65.0 Å². The van der Waals surface area contributed by atoms with E-state index in [2.05, 4.69) is 22.2 Å². The second kappa shape index (κ2) is 5.65. The number of aromatic amines is 1. The van der Waals surface area contributed by atoms with E-state index >= 15 is 0 Å². The van der Waals surface area contributed by atoms with Gasteiger partial charge in [0.1, 0.15) is 5.82 Å². The molecule has 1 saturated carbocycles. The minimum Gasteiger partial charge on any atom is -0.310 e. The van der Waals surface area contributed by atoms with Gasteiger partial charge in [0.15, 0.2) is 0 Å². The van der Waals surface area contributed by atoms with E-state index in [-0.39, 0.29) is 11.6 Å². The minimum atomic E-state index is -0.00388. The molecule has 0 saturated heterocycles. The number of nitrogens with zero attached hydrogens (tertiary/aromatic N) is 1. The summed E-state index contributed by atoms with van der Waals surface area (Å²) < 4.78 is 0. The summed E-state index contributed by atoms with van der Waals surface area (Å²) in [4.78, 5) is 19.2. The Morgan fingerprint density at radius 3 is 2.56 bits per heavy atom. The second-order valence-corrected chi connectivity index (χ2v) is 5.37. The van der Waals surface area contributed by atoms with Gasteiger partial charge in [0.25, 0.3) is 5.56 Å². The Balaban J connectivity index is 2.13. The Hall–Kier alpha value is -1.16. The first kappa shape index (κ1) is 13.3. The van der Waals surface area contributed by atoms with Crippen LogP contribution in [0.2, 0.25) is 0 Å². The molecule has 2 rings (SSSR count). The van der Waals surface area contributed by atoms with Crippen LogP contribution in [0.25, 0.3) is 0 Å². The van der Waals surface area contributed by atoms with Gasteiger partial charge >= 0.3 is 0 Å². The summed E-state index contributed by atoms with van der Waals surface area (Å²) in [7, 11) is 0. The molecule has 1 aliphatic rings. The molecule has 0 amide bonds. The van der Waals surface area contributed by atoms with Crippen LogP contribution in [-0.2, 0) is 0 Å². The average molecular weight is 249 g/mol. The van der Waals surface area contributed by atoms with Crippen molar-refractivity contribution in [1.29, 1.82) is 0 Å². The fraction of sp³-hybridized carbons (Fsp3) is 0.714. The molecule has 18 heavy (non-hydrogen) atoms. The third-order valence-corrected chi connectivity index (χ3v) is 3.79. The van der Waals surface area contributed by atoms with Gasteiger partial charge in [0.05, 0.1) is 5.56 Å². The molecule has 0 spiro atoms. The maximum atomic E-state index is 12.0. The Morgan fingerprint density at radius 2 is 1.94 bits per heavy atom. The van der Waals surface area contributed by atoms with Crippen LogP contribution >= 0.6 is 0 Å². The van der Waals surface area contributed by atoms with Gasteiger partial charge in [0, 0.05) is 17.8 Å². The van der Waals surface area contributed by atoms with Crippen LogP contribution in [0.3, 0.4) is 0 Å². The number of H-pyrrole nitrogens is 1. The van der Waals surface area contributed by atoms with E-state index in [4.69, 9.17) is 0 Å². The lowest BCUT2D eigenvalue weighted by Crippen LogP contribution is -2.36. The van der Waals surface area contributed by atoms with E-state index in [9.17, 15) is 4.79 Å². The molecule has 1 aliphatic carbocycles. The normalized spacial score (nSPS) is 18.8. The van der Waals surface area contributed by atoms with Crippen molar-refractivity contribution in [3.63, 3.8) is 0 Å². The van der Waals surface area contributed by atoms with E-state index in [0.29, 0.717) is 11.9 Å². The maximum absolute atomic E-state index is 12.0. The fourth-order valence-corrected chi connectivity index (χ4v) is 2.95. The molecule has 1 aromatic rings. The quantitative estimate of drug-likeness (QED) is 0.864. The van der Waals surface area contributed by atoms with Crippen LogP contribution in [0.5, 0.6) is 0 Å². The second-order valence-electron chi connectivity index (χ2n) is 5.37. The largest absolute Gasteiger partial charge is 0.310 e. The third-order valence-electron chi connectivity index (χ3n) is 3.79. The first-order chi connectivity index (χ1) is 8.58. The molecule has 0 bridgehead atoms. The van der Waals surface area contributed by atoms with Crippen molar-refractivity contribution in [3.8, 4) is 0 Å². The molecule has 1 atom stereocenters. The molecule has 0 aliphatic heterocycles. The summed E-state index contributed by atoms with van der Waals surface area (Å²) in [6.07, 6.45) is 6.39. The Labute approximate surface area is 108 Å². The first-order valence-corrected chi connectivity index (χ1v) is 6.91. The topological polar surface area (TPSA) is 57.8 Å². The van der Waals surface area contributed by atoms with E-state index in [1.165, 1.54) is 32.1 Å². The Morgan fingerprint density at radius 1 is 1.28 bits per heavy atom. The van der Waals surface area contributed by atoms with Gasteiger partial charge in [0.2, 0.25) is 0 Å². The number of aromatic nitrogens is 2. The zero-order valence-corrected chi connectivity index (χ0v) is 11.5. The van der Waals surface area contributed by atoms with Crippen LogP contribution in [-0.4, -0.2) is 16.0 Å². The van der Waals surface area contributed by atoms with Gasteiger partial charge < -0.3 is 10.3 Å². The van der Waals surface area contributed by atoms with Gasteiger partial charge in [-0.1, -0.05) is 19.3 Å². The van der Waals surface area contributed by atoms with Crippen molar-refractivity contribution in [2.24, 2.45) is 0 Å². The zero-order valence-electron chi connectivity index (χ0n) is 11.5. The van der Waals surface area contributed by atoms with Gasteiger partial charge in [-0.2, -0.15) is 0 Å². The molecule has 4 nitrogen and oxygen atoms in total. The van der Waals surface area contributed by atoms with Crippen LogP contribution in [0, 0.1) is 13.8 Å². The summed E-state index contributed by atoms with van der Waals surface area (Å²) in [6.45, 7) is 5.79. The zero-order chi connectivity index (χ0) is 13.1. The molecule has 1 fully saturated rings. The molecule has 4 heteroatoms. The highest BCUT2D eigenvalue weighted by Gasteiger charge is 2.19. The van der Waals surface area contributed by atoms with E-state index in [1.54, 1.807) is 0 Å². The molecular formula is C14H23N3O. The molecule has 0 aromatic carbocycles. The first-order valence-electron chi connectivity index (χ1n) is 6.91. The molecule has 2 N–H and O–H groups in total. The lowest BCUT2D eigenvalue weighted by molar-refractivity contribution is 0.345. The third kappa shape index (κ3) is 2.99. The van der Waals surface area contributed by atoms with Crippen LogP contribution in [0.15, 0.2) is 4.79 Å². The maximum Gasteiger partial charge on any atom is 0.255 e. The molecule has 100 valence electrons. The van der Waals surface area contributed by atoms with Gasteiger partial charge in [-0.15, -0.1) is 0 Å². The standard InChI is InChI=1S/C14H23N3O/c1-9-13(14(18)17-11(3)15-9)10(2)16-12-7-5-4-6-8-12/h10,12,16H,4-8H2,1-3H3,(H,15,17,18). The molecule has 1 heterocycles. The predicted molar refractivity (Wildman–Crippen MR) is 72.8 cm³/mol. The van der Waals surface area contributed by atoms with Crippen molar-refractivity contribution < 1.29 is 0 Å². The van der Waals surface area contributed by atoms with E-state index in [0.717, 1.165) is 11.3 Å². The highest BCUT2D eigenvalue weighted by Crippen LogP contribution is 2.21. The number of nitrogens with one attached hydrogen (secondary N) is 2. The fourth-order valence-electron chi connectivity index (χ4n) is 2.95. The van der Waals surface area contributed by atoms with Crippen molar-refractivity contribution in [2.75, 3.05) is 0 Å².